The van der Waals surface area contributed by atoms with Gasteiger partial charge in [0.15, 0.2) is 0 Å². The molecule has 3 rings (SSSR count). The van der Waals surface area contributed by atoms with Gasteiger partial charge in [0.2, 0.25) is 5.91 Å². The summed E-state index contributed by atoms with van der Waals surface area (Å²) in [6, 6.07) is 3.81. The lowest BCUT2D eigenvalue weighted by atomic mass is 9.79. The second kappa shape index (κ2) is 6.71. The summed E-state index contributed by atoms with van der Waals surface area (Å²) in [5.41, 5.74) is 4.77. The highest BCUT2D eigenvalue weighted by Gasteiger charge is 2.55. The molecule has 1 aromatic carbocycles. The number of rotatable bonds is 4. The average molecular weight is 363 g/mol. The van der Waals surface area contributed by atoms with Gasteiger partial charge in [0.25, 0.3) is 11.6 Å². The van der Waals surface area contributed by atoms with Crippen molar-refractivity contribution >= 4 is 23.5 Å². The third kappa shape index (κ3) is 3.10. The van der Waals surface area contributed by atoms with Gasteiger partial charge in [0.05, 0.1) is 29.0 Å². The first kappa shape index (κ1) is 17.8. The van der Waals surface area contributed by atoms with E-state index >= 15 is 0 Å². The van der Waals surface area contributed by atoms with Gasteiger partial charge in [-0.1, -0.05) is 0 Å². The summed E-state index contributed by atoms with van der Waals surface area (Å²) in [6.07, 6.45) is 0.239. The second-order valence-corrected chi connectivity index (χ2v) is 6.38. The van der Waals surface area contributed by atoms with Gasteiger partial charge >= 0.3 is 5.97 Å². The highest BCUT2D eigenvalue weighted by atomic mass is 16.6. The Hall–Kier alpha value is -3.01. The number of fused-ring (bicyclic) bond motifs is 2. The first-order chi connectivity index (χ1) is 12.3. The third-order valence-corrected chi connectivity index (χ3v) is 4.82. The molecular weight excluding hydrogens is 346 g/mol. The number of hydrogen-bond acceptors (Lipinski definition) is 6. The number of carbonyl (C=O) groups excluding carboxylic acids is 2. The maximum Gasteiger partial charge on any atom is 0.310 e. The first-order valence-electron chi connectivity index (χ1n) is 8.03. The van der Waals surface area contributed by atoms with Crippen LogP contribution in [0.15, 0.2) is 18.2 Å². The Morgan fingerprint density at radius 1 is 1.19 bits per heavy atom. The molecule has 0 saturated carbocycles. The van der Waals surface area contributed by atoms with Gasteiger partial charge < -0.3 is 9.84 Å². The Morgan fingerprint density at radius 2 is 1.85 bits per heavy atom. The molecule has 4 atom stereocenters. The molecule has 10 nitrogen and oxygen atoms in total. The van der Waals surface area contributed by atoms with Crippen LogP contribution in [0.2, 0.25) is 0 Å². The molecule has 0 unspecified atom stereocenters. The minimum absolute atomic E-state index is 0.117. The van der Waals surface area contributed by atoms with Gasteiger partial charge in [-0.25, -0.2) is 0 Å². The Kier molecular flexibility index (Phi) is 4.60. The number of nitro benzene ring substituents is 1. The number of ether oxygens (including phenoxy) is 1. The molecule has 2 amide bonds. The number of nitro groups is 1. The van der Waals surface area contributed by atoms with Crippen LogP contribution in [0.3, 0.4) is 0 Å². The summed E-state index contributed by atoms with van der Waals surface area (Å²) in [5, 5.41) is 20.1. The van der Waals surface area contributed by atoms with Crippen LogP contribution in [0, 0.1) is 28.9 Å². The molecule has 2 bridgehead atoms. The summed E-state index contributed by atoms with van der Waals surface area (Å²) < 4.78 is 5.50. The number of hydrogen-bond donors (Lipinski definition) is 3. The molecule has 2 heterocycles. The highest BCUT2D eigenvalue weighted by molar-refractivity contribution is 5.96. The van der Waals surface area contributed by atoms with Crippen LogP contribution in [0.25, 0.3) is 0 Å². The fraction of sp³-hybridized carbons (Fsp3) is 0.438. The van der Waals surface area contributed by atoms with E-state index in [-0.39, 0.29) is 11.3 Å². The standard InChI is InChI=1S/C16H17N3O7/c1-7-6-8(2-3-9(7)19(24)25)14(20)17-18-15(21)12-10-4-5-11(26-10)13(12)16(22)23/h2-3,6,10-13H,4-5H2,1H3,(H,17,20)(H,18,21)(H,22,23)/t10-,11+,12+,13+/m1/s1. The monoisotopic (exact) mass is 363 g/mol. The first-order valence-corrected chi connectivity index (χ1v) is 8.03. The van der Waals surface area contributed by atoms with Crippen molar-refractivity contribution in [3.05, 3.63) is 39.4 Å². The summed E-state index contributed by atoms with van der Waals surface area (Å²) >= 11 is 0. The number of benzene rings is 1. The molecule has 138 valence electrons. The van der Waals surface area contributed by atoms with Crippen molar-refractivity contribution in [2.45, 2.75) is 32.0 Å². The number of aryl methyl sites for hydroxylation is 1. The van der Waals surface area contributed by atoms with Crippen molar-refractivity contribution in [3.63, 3.8) is 0 Å². The van der Waals surface area contributed by atoms with Gasteiger partial charge in [-0.05, 0) is 31.9 Å². The summed E-state index contributed by atoms with van der Waals surface area (Å²) in [7, 11) is 0. The van der Waals surface area contributed by atoms with Crippen molar-refractivity contribution in [2.75, 3.05) is 0 Å². The van der Waals surface area contributed by atoms with Gasteiger partial charge in [0, 0.05) is 17.2 Å². The number of hydrazine groups is 1. The maximum atomic E-state index is 12.3. The Labute approximate surface area is 147 Å². The Balaban J connectivity index is 1.64. The van der Waals surface area contributed by atoms with E-state index in [0.29, 0.717) is 18.4 Å². The van der Waals surface area contributed by atoms with E-state index in [0.717, 1.165) is 0 Å². The molecule has 2 aliphatic rings. The predicted molar refractivity (Wildman–Crippen MR) is 86.0 cm³/mol. The van der Waals surface area contributed by atoms with Gasteiger partial charge in [-0.3, -0.25) is 35.3 Å². The maximum absolute atomic E-state index is 12.3. The SMILES string of the molecule is Cc1cc(C(=O)NNC(=O)[C@@H]2[C@@H](C(=O)O)[C@@H]3CC[C@H]2O3)ccc1[N+](=O)[O-]. The molecule has 0 radical (unpaired) electrons. The molecule has 26 heavy (non-hydrogen) atoms. The number of nitrogens with one attached hydrogen (secondary N) is 2. The zero-order chi connectivity index (χ0) is 19.0. The fourth-order valence-corrected chi connectivity index (χ4v) is 3.60. The number of carbonyl (C=O) groups is 3. The highest BCUT2D eigenvalue weighted by Crippen LogP contribution is 2.43. The van der Waals surface area contributed by atoms with E-state index < -0.39 is 46.8 Å². The molecule has 3 N–H and O–H groups in total. The Morgan fingerprint density at radius 3 is 2.42 bits per heavy atom. The molecule has 0 aliphatic carbocycles. The zero-order valence-corrected chi connectivity index (χ0v) is 13.8. The topological polar surface area (TPSA) is 148 Å². The molecule has 0 spiro atoms. The van der Waals surface area contributed by atoms with Crippen molar-refractivity contribution in [1.82, 2.24) is 10.9 Å². The molecule has 2 fully saturated rings. The zero-order valence-electron chi connectivity index (χ0n) is 13.8. The number of carboxylic acid groups (broad SMARTS) is 1. The van der Waals surface area contributed by atoms with Crippen molar-refractivity contribution in [3.8, 4) is 0 Å². The van der Waals surface area contributed by atoms with Crippen LogP contribution in [-0.2, 0) is 14.3 Å². The van der Waals surface area contributed by atoms with Crippen LogP contribution in [0.1, 0.15) is 28.8 Å². The molecule has 10 heteroatoms. The largest absolute Gasteiger partial charge is 0.481 e. The quantitative estimate of drug-likeness (QED) is 0.522. The van der Waals surface area contributed by atoms with Gasteiger partial charge in [-0.2, -0.15) is 0 Å². The van der Waals surface area contributed by atoms with E-state index in [9.17, 15) is 29.6 Å². The number of nitrogens with zero attached hydrogens (tertiary/aromatic N) is 1. The van der Waals surface area contributed by atoms with Gasteiger partial charge in [-0.15, -0.1) is 0 Å². The number of amides is 2. The van der Waals surface area contributed by atoms with E-state index in [4.69, 9.17) is 4.74 Å². The number of aliphatic carboxylic acids is 1. The van der Waals surface area contributed by atoms with Crippen molar-refractivity contribution < 1.29 is 29.2 Å². The summed E-state index contributed by atoms with van der Waals surface area (Å²) in [4.78, 5) is 46.1. The van der Waals surface area contributed by atoms with Crippen molar-refractivity contribution in [1.29, 1.82) is 0 Å². The molecule has 0 aromatic heterocycles. The minimum Gasteiger partial charge on any atom is -0.481 e. The summed E-state index contributed by atoms with van der Waals surface area (Å²) in [5.74, 6) is -4.20. The fourth-order valence-electron chi connectivity index (χ4n) is 3.60. The lowest BCUT2D eigenvalue weighted by Gasteiger charge is -2.23. The lowest BCUT2D eigenvalue weighted by molar-refractivity contribution is -0.385. The second-order valence-electron chi connectivity index (χ2n) is 6.38. The van der Waals surface area contributed by atoms with Crippen LogP contribution >= 0.6 is 0 Å². The van der Waals surface area contributed by atoms with Crippen LogP contribution in [0.5, 0.6) is 0 Å². The van der Waals surface area contributed by atoms with Gasteiger partial charge in [0.1, 0.15) is 0 Å². The Bertz CT molecular complexity index is 794. The molecule has 2 aliphatic heterocycles. The molecule has 2 saturated heterocycles. The van der Waals surface area contributed by atoms with E-state index in [1.165, 1.54) is 25.1 Å². The number of carboxylic acids is 1. The van der Waals surface area contributed by atoms with Crippen molar-refractivity contribution in [2.24, 2.45) is 11.8 Å². The van der Waals surface area contributed by atoms with Crippen LogP contribution in [-0.4, -0.2) is 40.0 Å². The normalized spacial score (nSPS) is 26.3. The lowest BCUT2D eigenvalue weighted by Crippen LogP contribution is -2.50. The van der Waals surface area contributed by atoms with E-state index in [1.54, 1.807) is 0 Å². The molecule has 1 aromatic rings. The summed E-state index contributed by atoms with van der Waals surface area (Å²) in [6.45, 7) is 1.50. The smallest absolute Gasteiger partial charge is 0.310 e. The average Bonchev–Trinajstić information content (AvgIpc) is 3.20. The third-order valence-electron chi connectivity index (χ3n) is 4.82. The van der Waals surface area contributed by atoms with E-state index in [1.807, 2.05) is 0 Å². The van der Waals surface area contributed by atoms with Crippen LogP contribution < -0.4 is 10.9 Å². The minimum atomic E-state index is -1.10. The van der Waals surface area contributed by atoms with E-state index in [2.05, 4.69) is 10.9 Å². The molecular formula is C16H17N3O7. The predicted octanol–water partition coefficient (Wildman–Crippen LogP) is 0.542. The van der Waals surface area contributed by atoms with Crippen LogP contribution in [0.4, 0.5) is 5.69 Å².